The molecule has 0 aromatic carbocycles. The maximum atomic E-state index is 6.14. The van der Waals surface area contributed by atoms with Crippen LogP contribution in [0.5, 0.6) is 0 Å². The van der Waals surface area contributed by atoms with Crippen LogP contribution in [0.1, 0.15) is 58.1 Å². The molecule has 3 saturated heterocycles. The van der Waals surface area contributed by atoms with Crippen LogP contribution in [0.4, 0.5) is 11.5 Å². The minimum absolute atomic E-state index is 0.318. The van der Waals surface area contributed by atoms with Gasteiger partial charge in [0.15, 0.2) is 0 Å². The van der Waals surface area contributed by atoms with Gasteiger partial charge < -0.3 is 19.9 Å². The fourth-order valence-electron chi connectivity index (χ4n) is 5.19. The first-order valence-electron chi connectivity index (χ1n) is 10.9. The molecule has 150 valence electrons. The van der Waals surface area contributed by atoms with Crippen LogP contribution in [0, 0.1) is 6.92 Å². The molecule has 4 rings (SSSR count). The van der Waals surface area contributed by atoms with E-state index in [-0.39, 0.29) is 0 Å². The lowest BCUT2D eigenvalue weighted by Crippen LogP contribution is -2.47. The van der Waals surface area contributed by atoms with Gasteiger partial charge in [0.05, 0.1) is 23.6 Å². The molecule has 2 unspecified atom stereocenters. The molecular weight excluding hydrogens is 336 g/mol. The molecule has 3 aliphatic rings. The number of nitrogens with zero attached hydrogens (tertiary/aromatic N) is 3. The van der Waals surface area contributed by atoms with E-state index in [2.05, 4.69) is 55.1 Å². The van der Waals surface area contributed by atoms with Crippen molar-refractivity contribution in [3.8, 4) is 0 Å². The van der Waals surface area contributed by atoms with Crippen LogP contribution in [0.3, 0.4) is 0 Å². The van der Waals surface area contributed by atoms with Gasteiger partial charge in [0.25, 0.3) is 0 Å². The lowest BCUT2D eigenvalue weighted by molar-refractivity contribution is -0.0287. The molecule has 0 amide bonds. The van der Waals surface area contributed by atoms with E-state index in [1.165, 1.54) is 31.4 Å². The average molecular weight is 373 g/mol. The fraction of sp³-hybridized carbons (Fsp3) is 0.773. The highest BCUT2D eigenvalue weighted by atomic mass is 16.5. The third-order valence-corrected chi connectivity index (χ3v) is 7.00. The zero-order valence-corrected chi connectivity index (χ0v) is 17.4. The third kappa shape index (κ3) is 3.95. The van der Waals surface area contributed by atoms with Gasteiger partial charge >= 0.3 is 0 Å². The van der Waals surface area contributed by atoms with Gasteiger partial charge in [-0.15, -0.1) is 0 Å². The van der Waals surface area contributed by atoms with Crippen molar-refractivity contribution in [2.75, 3.05) is 30.4 Å². The molecule has 1 aromatic heterocycles. The van der Waals surface area contributed by atoms with Gasteiger partial charge in [-0.25, -0.2) is 4.98 Å². The molecular formula is C22H36N4O. The lowest BCUT2D eigenvalue weighted by Gasteiger charge is -2.39. The second-order valence-electron chi connectivity index (χ2n) is 8.77. The van der Waals surface area contributed by atoms with Gasteiger partial charge in [-0.2, -0.15) is 0 Å². The number of rotatable bonds is 5. The Balaban J connectivity index is 1.43. The predicted molar refractivity (Wildman–Crippen MR) is 112 cm³/mol. The molecule has 0 saturated carbocycles. The third-order valence-electron chi connectivity index (χ3n) is 7.00. The van der Waals surface area contributed by atoms with Crippen LogP contribution in [0.25, 0.3) is 0 Å². The zero-order valence-electron chi connectivity index (χ0n) is 17.4. The van der Waals surface area contributed by atoms with Gasteiger partial charge in [0, 0.05) is 31.2 Å². The molecule has 0 radical (unpaired) electrons. The molecule has 0 spiro atoms. The minimum Gasteiger partial charge on any atom is -0.381 e. The number of hydrogen-bond acceptors (Lipinski definition) is 5. The lowest BCUT2D eigenvalue weighted by atomic mass is 9.97. The maximum absolute atomic E-state index is 6.14. The molecule has 4 heterocycles. The first-order chi connectivity index (χ1) is 13.1. The van der Waals surface area contributed by atoms with E-state index in [0.717, 1.165) is 49.5 Å². The Hall–Kier alpha value is -1.33. The zero-order chi connectivity index (χ0) is 19.0. The number of hydrogen-bond donors (Lipinski definition) is 1. The highest BCUT2D eigenvalue weighted by Gasteiger charge is 2.38. The van der Waals surface area contributed by atoms with Crippen molar-refractivity contribution in [2.24, 2.45) is 0 Å². The van der Waals surface area contributed by atoms with E-state index in [1.54, 1.807) is 0 Å². The molecule has 2 bridgehead atoms. The van der Waals surface area contributed by atoms with Crippen LogP contribution >= 0.6 is 0 Å². The van der Waals surface area contributed by atoms with Crippen LogP contribution in [0.2, 0.25) is 0 Å². The SMILES string of the molecule is CC[C@@H]1CN(c2ccc(NC3CC4CCC(C3)N4C)c(C)n2)C[C@H](CC)O1. The Kier molecular flexibility index (Phi) is 5.60. The Bertz CT molecular complexity index is 625. The molecule has 5 nitrogen and oxygen atoms in total. The van der Waals surface area contributed by atoms with Crippen molar-refractivity contribution < 1.29 is 4.74 Å². The topological polar surface area (TPSA) is 40.6 Å². The average Bonchev–Trinajstić information content (AvgIpc) is 2.90. The van der Waals surface area contributed by atoms with Gasteiger partial charge in [-0.1, -0.05) is 13.8 Å². The Morgan fingerprint density at radius 1 is 1.07 bits per heavy atom. The van der Waals surface area contributed by atoms with Gasteiger partial charge in [0.2, 0.25) is 0 Å². The van der Waals surface area contributed by atoms with Crippen LogP contribution in [-0.4, -0.2) is 60.4 Å². The molecule has 1 N–H and O–H groups in total. The minimum atomic E-state index is 0.318. The van der Waals surface area contributed by atoms with Crippen LogP contribution < -0.4 is 10.2 Å². The quantitative estimate of drug-likeness (QED) is 0.851. The second-order valence-corrected chi connectivity index (χ2v) is 8.77. The van der Waals surface area contributed by atoms with E-state index in [4.69, 9.17) is 9.72 Å². The van der Waals surface area contributed by atoms with Crippen molar-refractivity contribution in [3.05, 3.63) is 17.8 Å². The second kappa shape index (κ2) is 7.96. The number of piperidine rings is 1. The molecule has 3 aliphatic heterocycles. The number of morpholine rings is 1. The van der Waals surface area contributed by atoms with Crippen molar-refractivity contribution >= 4 is 11.5 Å². The Morgan fingerprint density at radius 2 is 1.70 bits per heavy atom. The van der Waals surface area contributed by atoms with E-state index >= 15 is 0 Å². The standard InChI is InChI=1S/C22H36N4O/c1-5-19-13-26(14-20(6-2)27-19)22-10-9-21(15(3)23-22)24-16-11-17-7-8-18(12-16)25(17)4/h9-10,16-20,24H,5-8,11-14H2,1-4H3/t16?,17?,18?,19-,20+. The summed E-state index contributed by atoms with van der Waals surface area (Å²) in [6, 6.07) is 6.55. The summed E-state index contributed by atoms with van der Waals surface area (Å²) < 4.78 is 6.14. The highest BCUT2D eigenvalue weighted by Crippen LogP contribution is 2.36. The number of ether oxygens (including phenoxy) is 1. The fourth-order valence-corrected chi connectivity index (χ4v) is 5.19. The van der Waals surface area contributed by atoms with E-state index in [0.29, 0.717) is 18.2 Å². The maximum Gasteiger partial charge on any atom is 0.129 e. The summed E-state index contributed by atoms with van der Waals surface area (Å²) in [4.78, 5) is 9.98. The molecule has 0 aliphatic carbocycles. The molecule has 27 heavy (non-hydrogen) atoms. The van der Waals surface area contributed by atoms with Crippen molar-refractivity contribution in [1.82, 2.24) is 9.88 Å². The Labute approximate surface area is 164 Å². The number of aryl methyl sites for hydroxylation is 1. The molecule has 4 atom stereocenters. The molecule has 3 fully saturated rings. The summed E-state index contributed by atoms with van der Waals surface area (Å²) >= 11 is 0. The summed E-state index contributed by atoms with van der Waals surface area (Å²) in [6.07, 6.45) is 8.00. The molecule has 5 heteroatoms. The van der Waals surface area contributed by atoms with E-state index in [9.17, 15) is 0 Å². The summed E-state index contributed by atoms with van der Waals surface area (Å²) in [7, 11) is 2.30. The summed E-state index contributed by atoms with van der Waals surface area (Å²) in [5.41, 5.74) is 2.33. The van der Waals surface area contributed by atoms with Gasteiger partial charge in [-0.05, 0) is 64.6 Å². The number of aromatic nitrogens is 1. The number of pyridine rings is 1. The highest BCUT2D eigenvalue weighted by molar-refractivity contribution is 5.54. The van der Waals surface area contributed by atoms with E-state index in [1.807, 2.05) is 0 Å². The molecule has 1 aromatic rings. The Morgan fingerprint density at radius 3 is 2.26 bits per heavy atom. The van der Waals surface area contributed by atoms with Gasteiger partial charge in [0.1, 0.15) is 5.82 Å². The first kappa shape index (κ1) is 19.0. The first-order valence-corrected chi connectivity index (χ1v) is 10.9. The normalized spacial score (nSPS) is 34.1. The summed E-state index contributed by atoms with van der Waals surface area (Å²) in [6.45, 7) is 8.46. The predicted octanol–water partition coefficient (Wildman–Crippen LogP) is 3.82. The summed E-state index contributed by atoms with van der Waals surface area (Å²) in [5, 5.41) is 3.81. The van der Waals surface area contributed by atoms with Crippen LogP contribution in [0.15, 0.2) is 12.1 Å². The van der Waals surface area contributed by atoms with Crippen molar-refractivity contribution in [3.63, 3.8) is 0 Å². The largest absolute Gasteiger partial charge is 0.381 e. The van der Waals surface area contributed by atoms with Crippen LogP contribution in [-0.2, 0) is 4.74 Å². The number of anilines is 2. The van der Waals surface area contributed by atoms with Gasteiger partial charge in [-0.3, -0.25) is 0 Å². The summed E-state index contributed by atoms with van der Waals surface area (Å²) in [5.74, 6) is 1.10. The smallest absolute Gasteiger partial charge is 0.129 e. The number of nitrogens with one attached hydrogen (secondary N) is 1. The van der Waals surface area contributed by atoms with Crippen molar-refractivity contribution in [2.45, 2.75) is 89.6 Å². The number of fused-ring (bicyclic) bond motifs is 2. The monoisotopic (exact) mass is 372 g/mol. The van der Waals surface area contributed by atoms with E-state index < -0.39 is 0 Å². The van der Waals surface area contributed by atoms with Crippen molar-refractivity contribution in [1.29, 1.82) is 0 Å².